The van der Waals surface area contributed by atoms with Crippen molar-refractivity contribution in [3.8, 4) is 11.5 Å². The van der Waals surface area contributed by atoms with Crippen LogP contribution in [0.25, 0.3) is 0 Å². The Kier molecular flexibility index (Phi) is 9.20. The maximum Gasteiger partial charge on any atom is 0.329 e. The van der Waals surface area contributed by atoms with Crippen molar-refractivity contribution >= 4 is 58.5 Å². The Balaban J connectivity index is 1.52. The fraction of sp³-hybridized carbons (Fsp3) is 0.0833. The summed E-state index contributed by atoms with van der Waals surface area (Å²) in [5.41, 5.74) is 3.32. The Hall–Kier alpha value is -4.15. The van der Waals surface area contributed by atoms with Crippen LogP contribution in [0.3, 0.4) is 0 Å². The van der Waals surface area contributed by atoms with E-state index in [-0.39, 0.29) is 12.3 Å². The monoisotopic (exact) mass is 532 g/mol. The van der Waals surface area contributed by atoms with Crippen LogP contribution in [0.4, 0.5) is 15.8 Å². The summed E-state index contributed by atoms with van der Waals surface area (Å²) in [5, 5.41) is 9.35. The lowest BCUT2D eigenvalue weighted by molar-refractivity contribution is -0.136. The van der Waals surface area contributed by atoms with Gasteiger partial charge in [0.1, 0.15) is 5.82 Å². The maximum atomic E-state index is 12.9. The molecule has 0 unspecified atom stereocenters. The lowest BCUT2D eigenvalue weighted by atomic mass is 10.2. The number of carbonyl (C=O) groups excluding carboxylic acids is 3. The minimum atomic E-state index is -1.02. The minimum absolute atomic E-state index is 0.256. The van der Waals surface area contributed by atoms with Crippen molar-refractivity contribution in [2.75, 3.05) is 24.4 Å². The quantitative estimate of drug-likeness (QED) is 0.227. The molecule has 3 aromatic carbocycles. The molecule has 3 aromatic rings. The first-order valence-electron chi connectivity index (χ1n) is 10.2. The zero-order chi connectivity index (χ0) is 26.1. The van der Waals surface area contributed by atoms with Crippen LogP contribution in [-0.4, -0.2) is 37.7 Å². The van der Waals surface area contributed by atoms with Gasteiger partial charge in [-0.05, 0) is 66.2 Å². The van der Waals surface area contributed by atoms with Crippen LogP contribution in [0.15, 0.2) is 65.8 Å². The van der Waals surface area contributed by atoms with Crippen molar-refractivity contribution in [1.29, 1.82) is 0 Å². The van der Waals surface area contributed by atoms with Gasteiger partial charge in [-0.2, -0.15) is 5.10 Å². The van der Waals surface area contributed by atoms with Crippen LogP contribution < -0.4 is 25.5 Å². The van der Waals surface area contributed by atoms with E-state index in [9.17, 15) is 18.8 Å². The van der Waals surface area contributed by atoms with Crippen molar-refractivity contribution in [1.82, 2.24) is 5.43 Å². The van der Waals surface area contributed by atoms with Gasteiger partial charge < -0.3 is 20.1 Å². The van der Waals surface area contributed by atoms with E-state index < -0.39 is 23.5 Å². The summed E-state index contributed by atoms with van der Waals surface area (Å²) in [6.45, 7) is -0.302. The fourth-order valence-electron chi connectivity index (χ4n) is 2.74. The Bertz CT molecular complexity index is 1300. The molecule has 0 radical (unpaired) electrons. The zero-order valence-electron chi connectivity index (χ0n) is 18.7. The van der Waals surface area contributed by atoms with Gasteiger partial charge in [-0.1, -0.05) is 23.2 Å². The van der Waals surface area contributed by atoms with Gasteiger partial charge in [-0.3, -0.25) is 14.4 Å². The van der Waals surface area contributed by atoms with Crippen LogP contribution >= 0.6 is 23.2 Å². The van der Waals surface area contributed by atoms with E-state index in [1.165, 1.54) is 31.5 Å². The van der Waals surface area contributed by atoms with Gasteiger partial charge in [0.25, 0.3) is 5.91 Å². The number of halogens is 3. The number of hydrazone groups is 1. The lowest BCUT2D eigenvalue weighted by Crippen LogP contribution is -2.32. The third kappa shape index (κ3) is 7.69. The lowest BCUT2D eigenvalue weighted by Gasteiger charge is -2.11. The number of benzene rings is 3. The Morgan fingerprint density at radius 3 is 2.31 bits per heavy atom. The van der Waals surface area contributed by atoms with E-state index in [2.05, 4.69) is 21.2 Å². The predicted octanol–water partition coefficient (Wildman–Crippen LogP) is 4.25. The van der Waals surface area contributed by atoms with Crippen molar-refractivity contribution in [3.63, 3.8) is 0 Å². The summed E-state index contributed by atoms with van der Waals surface area (Å²) in [5.74, 6) is -2.29. The Morgan fingerprint density at radius 1 is 0.889 bits per heavy atom. The van der Waals surface area contributed by atoms with Gasteiger partial charge >= 0.3 is 11.8 Å². The minimum Gasteiger partial charge on any atom is -0.493 e. The van der Waals surface area contributed by atoms with Crippen LogP contribution in [-0.2, 0) is 14.4 Å². The van der Waals surface area contributed by atoms with Crippen molar-refractivity contribution in [2.24, 2.45) is 5.10 Å². The largest absolute Gasteiger partial charge is 0.493 e. The molecule has 0 saturated heterocycles. The van der Waals surface area contributed by atoms with Crippen molar-refractivity contribution in [3.05, 3.63) is 82.1 Å². The highest BCUT2D eigenvalue weighted by Crippen LogP contribution is 2.28. The zero-order valence-corrected chi connectivity index (χ0v) is 20.2. The molecule has 0 aliphatic heterocycles. The third-order valence-electron chi connectivity index (χ3n) is 4.44. The molecule has 0 saturated carbocycles. The number of amides is 3. The van der Waals surface area contributed by atoms with E-state index in [1.54, 1.807) is 30.3 Å². The Morgan fingerprint density at radius 2 is 1.61 bits per heavy atom. The maximum absolute atomic E-state index is 12.9. The normalized spacial score (nSPS) is 10.6. The number of hydrogen-bond donors (Lipinski definition) is 3. The van der Waals surface area contributed by atoms with E-state index in [0.717, 1.165) is 12.1 Å². The third-order valence-corrected chi connectivity index (χ3v) is 5.18. The molecule has 3 rings (SSSR count). The van der Waals surface area contributed by atoms with E-state index in [1.807, 2.05) is 0 Å². The van der Waals surface area contributed by atoms with Gasteiger partial charge in [-0.15, -0.1) is 0 Å². The topological polar surface area (TPSA) is 118 Å². The second kappa shape index (κ2) is 12.5. The summed E-state index contributed by atoms with van der Waals surface area (Å²) in [7, 11) is 1.42. The summed E-state index contributed by atoms with van der Waals surface area (Å²) in [6.07, 6.45) is 1.28. The van der Waals surface area contributed by atoms with Gasteiger partial charge in [0, 0.05) is 11.4 Å². The molecule has 0 heterocycles. The van der Waals surface area contributed by atoms with Crippen LogP contribution in [0.1, 0.15) is 5.56 Å². The number of hydrogen-bond acceptors (Lipinski definition) is 6. The first-order valence-corrected chi connectivity index (χ1v) is 11.0. The summed E-state index contributed by atoms with van der Waals surface area (Å²) in [6, 6.07) is 14.3. The number of anilines is 2. The van der Waals surface area contributed by atoms with Crippen molar-refractivity contribution < 1.29 is 28.2 Å². The summed E-state index contributed by atoms with van der Waals surface area (Å²) < 4.78 is 23.7. The van der Waals surface area contributed by atoms with Gasteiger partial charge in [0.2, 0.25) is 0 Å². The van der Waals surface area contributed by atoms with Gasteiger partial charge in [0.05, 0.1) is 23.4 Å². The molecular weight excluding hydrogens is 514 g/mol. The van der Waals surface area contributed by atoms with E-state index >= 15 is 0 Å². The van der Waals surface area contributed by atoms with Gasteiger partial charge in [-0.25, -0.2) is 9.82 Å². The summed E-state index contributed by atoms with van der Waals surface area (Å²) in [4.78, 5) is 36.0. The molecule has 0 aliphatic rings. The molecule has 9 nitrogen and oxygen atoms in total. The second-order valence-corrected chi connectivity index (χ2v) is 7.85. The standard InChI is InChI=1S/C24H19Cl2FN4O5/c1-35-21-10-14(12-28-31-24(34)23(33)30-16-5-3-15(27)4-6-16)2-9-20(21)36-13-22(32)29-17-7-8-18(25)19(26)11-17/h2-12H,13H2,1H3,(H,29,32)(H,30,33)(H,31,34)/b28-12-. The second-order valence-electron chi connectivity index (χ2n) is 7.04. The average molecular weight is 533 g/mol. The molecule has 0 aromatic heterocycles. The predicted molar refractivity (Wildman–Crippen MR) is 134 cm³/mol. The molecule has 12 heteroatoms. The van der Waals surface area contributed by atoms with E-state index in [0.29, 0.717) is 32.8 Å². The SMILES string of the molecule is COc1cc(/C=N\NC(=O)C(=O)Nc2ccc(F)cc2)ccc1OCC(=O)Nc1ccc(Cl)c(Cl)c1. The van der Waals surface area contributed by atoms with Gasteiger partial charge in [0.15, 0.2) is 18.1 Å². The van der Waals surface area contributed by atoms with Crippen LogP contribution in [0, 0.1) is 5.82 Å². The average Bonchev–Trinajstić information content (AvgIpc) is 2.86. The highest BCUT2D eigenvalue weighted by atomic mass is 35.5. The van der Waals surface area contributed by atoms with Crippen LogP contribution in [0.2, 0.25) is 10.0 Å². The molecule has 0 fully saturated rings. The Labute approximate surface area is 215 Å². The van der Waals surface area contributed by atoms with Crippen LogP contribution in [0.5, 0.6) is 11.5 Å². The first-order chi connectivity index (χ1) is 17.2. The molecule has 0 spiro atoms. The molecule has 186 valence electrons. The molecule has 0 bridgehead atoms. The molecule has 3 amide bonds. The highest BCUT2D eigenvalue weighted by Gasteiger charge is 2.13. The number of nitrogens with one attached hydrogen (secondary N) is 3. The number of rotatable bonds is 8. The smallest absolute Gasteiger partial charge is 0.329 e. The number of methoxy groups -OCH3 is 1. The molecule has 36 heavy (non-hydrogen) atoms. The summed E-state index contributed by atoms with van der Waals surface area (Å²) >= 11 is 11.8. The van der Waals surface area contributed by atoms with E-state index in [4.69, 9.17) is 32.7 Å². The number of carbonyl (C=O) groups is 3. The fourth-order valence-corrected chi connectivity index (χ4v) is 3.03. The molecule has 0 aliphatic carbocycles. The highest BCUT2D eigenvalue weighted by molar-refractivity contribution is 6.42. The number of ether oxygens (including phenoxy) is 2. The molecular formula is C24H19Cl2FN4O5. The first kappa shape index (κ1) is 26.5. The molecule has 0 atom stereocenters. The molecule has 3 N–H and O–H groups in total. The van der Waals surface area contributed by atoms with Crippen molar-refractivity contribution in [2.45, 2.75) is 0 Å². The number of nitrogens with zero attached hydrogens (tertiary/aromatic N) is 1.